The van der Waals surface area contributed by atoms with E-state index in [9.17, 15) is 13.2 Å². The number of rotatable bonds is 3. The zero-order valence-corrected chi connectivity index (χ0v) is 15.7. The highest BCUT2D eigenvalue weighted by atomic mass is 32.2. The van der Waals surface area contributed by atoms with E-state index in [2.05, 4.69) is 14.9 Å². The van der Waals surface area contributed by atoms with Gasteiger partial charge in [0.15, 0.2) is 0 Å². The Labute approximate surface area is 158 Å². The Morgan fingerprint density at radius 2 is 1.70 bits per heavy atom. The van der Waals surface area contributed by atoms with E-state index < -0.39 is 10.0 Å². The van der Waals surface area contributed by atoms with Crippen LogP contribution in [0.25, 0.3) is 0 Å². The van der Waals surface area contributed by atoms with Gasteiger partial charge in [0, 0.05) is 50.7 Å². The molecule has 0 unspecified atom stereocenters. The molecule has 0 spiro atoms. The van der Waals surface area contributed by atoms with Gasteiger partial charge in [-0.2, -0.15) is 0 Å². The normalized spacial score (nSPS) is 19.3. The van der Waals surface area contributed by atoms with Gasteiger partial charge in [0.25, 0.3) is 5.91 Å². The summed E-state index contributed by atoms with van der Waals surface area (Å²) in [4.78, 5) is 25.2. The van der Waals surface area contributed by atoms with Crippen LogP contribution in [0.2, 0.25) is 0 Å². The molecular formula is C18H21N5O3S. The minimum atomic E-state index is -3.26. The lowest BCUT2D eigenvalue weighted by molar-refractivity contribution is 0.0746. The summed E-state index contributed by atoms with van der Waals surface area (Å²) in [6.07, 6.45) is 4.03. The third-order valence-electron chi connectivity index (χ3n) is 4.88. The molecule has 2 saturated heterocycles. The lowest BCUT2D eigenvalue weighted by atomic mass is 10.1. The number of anilines is 2. The molecule has 8 nitrogen and oxygen atoms in total. The van der Waals surface area contributed by atoms with Crippen molar-refractivity contribution in [2.24, 2.45) is 0 Å². The summed E-state index contributed by atoms with van der Waals surface area (Å²) in [6.45, 7) is 2.94. The Balaban J connectivity index is 1.46. The molecule has 0 radical (unpaired) electrons. The Bertz CT molecular complexity index is 927. The summed E-state index contributed by atoms with van der Waals surface area (Å²) in [5, 5.41) is 0. The maximum Gasteiger partial charge on any atom is 0.254 e. The average Bonchev–Trinajstić information content (AvgIpc) is 3.07. The monoisotopic (exact) mass is 387 g/mol. The minimum absolute atomic E-state index is 0.0814. The molecule has 142 valence electrons. The van der Waals surface area contributed by atoms with E-state index in [1.807, 2.05) is 0 Å². The number of benzene rings is 1. The fourth-order valence-corrected chi connectivity index (χ4v) is 5.03. The van der Waals surface area contributed by atoms with Crippen LogP contribution < -0.4 is 9.21 Å². The highest BCUT2D eigenvalue weighted by molar-refractivity contribution is 7.93. The zero-order valence-electron chi connectivity index (χ0n) is 14.9. The first-order chi connectivity index (χ1) is 13.0. The first kappa shape index (κ1) is 17.7. The first-order valence-electron chi connectivity index (χ1n) is 8.96. The number of aromatic nitrogens is 2. The molecule has 1 amide bonds. The fourth-order valence-electron chi connectivity index (χ4n) is 3.47. The molecule has 2 aromatic rings. The van der Waals surface area contributed by atoms with Gasteiger partial charge in [-0.25, -0.2) is 18.4 Å². The Hall–Kier alpha value is -2.68. The Morgan fingerprint density at radius 1 is 0.963 bits per heavy atom. The predicted molar refractivity (Wildman–Crippen MR) is 102 cm³/mol. The third-order valence-corrected chi connectivity index (χ3v) is 6.75. The van der Waals surface area contributed by atoms with Crippen molar-refractivity contribution in [2.45, 2.75) is 6.42 Å². The molecule has 2 fully saturated rings. The summed E-state index contributed by atoms with van der Waals surface area (Å²) in [7, 11) is -3.26. The molecule has 3 heterocycles. The van der Waals surface area contributed by atoms with Crippen LogP contribution >= 0.6 is 0 Å². The molecule has 0 N–H and O–H groups in total. The van der Waals surface area contributed by atoms with E-state index in [0.29, 0.717) is 56.3 Å². The van der Waals surface area contributed by atoms with E-state index in [-0.39, 0.29) is 11.7 Å². The maximum atomic E-state index is 12.9. The summed E-state index contributed by atoms with van der Waals surface area (Å²) < 4.78 is 25.7. The van der Waals surface area contributed by atoms with E-state index in [1.165, 1.54) is 4.31 Å². The maximum absolute atomic E-state index is 12.9. The predicted octanol–water partition coefficient (Wildman–Crippen LogP) is 0.979. The second kappa shape index (κ2) is 7.15. The van der Waals surface area contributed by atoms with Crippen LogP contribution in [0.15, 0.2) is 42.7 Å². The SMILES string of the molecule is O=C(c1cccc(N2CCCS2(=O)=O)c1)N1CCN(c2ncccn2)CC1. The van der Waals surface area contributed by atoms with Crippen molar-refractivity contribution in [2.75, 3.05) is 47.7 Å². The van der Waals surface area contributed by atoms with Crippen LogP contribution in [0.1, 0.15) is 16.8 Å². The number of sulfonamides is 1. The molecule has 1 aromatic heterocycles. The lowest BCUT2D eigenvalue weighted by Crippen LogP contribution is -2.49. The van der Waals surface area contributed by atoms with Crippen LogP contribution in [-0.4, -0.2) is 67.7 Å². The molecule has 2 aliphatic heterocycles. The van der Waals surface area contributed by atoms with E-state index >= 15 is 0 Å². The molecule has 4 rings (SSSR count). The van der Waals surface area contributed by atoms with Crippen LogP contribution in [0, 0.1) is 0 Å². The summed E-state index contributed by atoms with van der Waals surface area (Å²) in [6, 6.07) is 8.67. The largest absolute Gasteiger partial charge is 0.337 e. The molecule has 27 heavy (non-hydrogen) atoms. The van der Waals surface area contributed by atoms with Gasteiger partial charge in [-0.3, -0.25) is 9.10 Å². The molecule has 9 heteroatoms. The second-order valence-electron chi connectivity index (χ2n) is 6.62. The Kier molecular flexibility index (Phi) is 4.69. The van der Waals surface area contributed by atoms with Crippen molar-refractivity contribution in [3.8, 4) is 0 Å². The van der Waals surface area contributed by atoms with E-state index in [0.717, 1.165) is 0 Å². The lowest BCUT2D eigenvalue weighted by Gasteiger charge is -2.34. The van der Waals surface area contributed by atoms with Gasteiger partial charge in [0.05, 0.1) is 11.4 Å². The number of hydrogen-bond acceptors (Lipinski definition) is 6. The standard InChI is InChI=1S/C18H21N5O3S/c24-17(21-9-11-22(12-10-21)18-19-6-2-7-20-18)15-4-1-5-16(14-15)23-8-3-13-27(23,25)26/h1-2,4-7,14H,3,8-13H2. The van der Waals surface area contributed by atoms with Crippen LogP contribution in [0.4, 0.5) is 11.6 Å². The van der Waals surface area contributed by atoms with Crippen molar-refractivity contribution >= 4 is 27.6 Å². The highest BCUT2D eigenvalue weighted by Crippen LogP contribution is 2.25. The summed E-state index contributed by atoms with van der Waals surface area (Å²) in [5.41, 5.74) is 1.08. The number of piperazine rings is 1. The fraction of sp³-hybridized carbons (Fsp3) is 0.389. The molecule has 2 aliphatic rings. The smallest absolute Gasteiger partial charge is 0.254 e. The summed E-state index contributed by atoms with van der Waals surface area (Å²) in [5.74, 6) is 0.752. The number of carbonyl (C=O) groups is 1. The minimum Gasteiger partial charge on any atom is -0.337 e. The number of amides is 1. The van der Waals surface area contributed by atoms with Crippen molar-refractivity contribution in [3.05, 3.63) is 48.3 Å². The van der Waals surface area contributed by atoms with Crippen molar-refractivity contribution in [1.29, 1.82) is 0 Å². The van der Waals surface area contributed by atoms with Gasteiger partial charge in [-0.15, -0.1) is 0 Å². The van der Waals surface area contributed by atoms with Crippen molar-refractivity contribution in [3.63, 3.8) is 0 Å². The van der Waals surface area contributed by atoms with Gasteiger partial charge in [0.2, 0.25) is 16.0 Å². The zero-order chi connectivity index (χ0) is 18.9. The highest BCUT2D eigenvalue weighted by Gasteiger charge is 2.29. The molecule has 0 saturated carbocycles. The quantitative estimate of drug-likeness (QED) is 0.780. The molecular weight excluding hydrogens is 366 g/mol. The number of nitrogens with zero attached hydrogens (tertiary/aromatic N) is 5. The number of carbonyl (C=O) groups excluding carboxylic acids is 1. The molecule has 0 aliphatic carbocycles. The van der Waals surface area contributed by atoms with Crippen molar-refractivity contribution < 1.29 is 13.2 Å². The summed E-state index contributed by atoms with van der Waals surface area (Å²) >= 11 is 0. The van der Waals surface area contributed by atoms with Crippen LogP contribution in [0.3, 0.4) is 0 Å². The van der Waals surface area contributed by atoms with E-state index in [4.69, 9.17) is 0 Å². The van der Waals surface area contributed by atoms with Gasteiger partial charge in [0.1, 0.15) is 0 Å². The van der Waals surface area contributed by atoms with Gasteiger partial charge >= 0.3 is 0 Å². The first-order valence-corrected chi connectivity index (χ1v) is 10.6. The third kappa shape index (κ3) is 3.59. The molecule has 0 atom stereocenters. The van der Waals surface area contributed by atoms with E-state index in [1.54, 1.807) is 47.6 Å². The number of hydrogen-bond donors (Lipinski definition) is 0. The van der Waals surface area contributed by atoms with Gasteiger partial charge in [-0.05, 0) is 30.7 Å². The Morgan fingerprint density at radius 3 is 2.37 bits per heavy atom. The second-order valence-corrected chi connectivity index (χ2v) is 8.63. The average molecular weight is 387 g/mol. The molecule has 1 aromatic carbocycles. The molecule has 0 bridgehead atoms. The van der Waals surface area contributed by atoms with Gasteiger partial charge in [-0.1, -0.05) is 6.07 Å². The van der Waals surface area contributed by atoms with Crippen LogP contribution in [-0.2, 0) is 10.0 Å². The van der Waals surface area contributed by atoms with Gasteiger partial charge < -0.3 is 9.80 Å². The topological polar surface area (TPSA) is 86.7 Å². The van der Waals surface area contributed by atoms with Crippen LogP contribution in [0.5, 0.6) is 0 Å². The van der Waals surface area contributed by atoms with Crippen molar-refractivity contribution in [1.82, 2.24) is 14.9 Å².